The van der Waals surface area contributed by atoms with Crippen LogP contribution in [0.4, 0.5) is 0 Å². The summed E-state index contributed by atoms with van der Waals surface area (Å²) in [5.74, 6) is -1.60. The van der Waals surface area contributed by atoms with E-state index in [4.69, 9.17) is 16.3 Å². The Labute approximate surface area is 145 Å². The summed E-state index contributed by atoms with van der Waals surface area (Å²) in [5.41, 5.74) is 1.60. The fourth-order valence-electron chi connectivity index (χ4n) is 2.16. The van der Waals surface area contributed by atoms with Crippen LogP contribution in [0.5, 0.6) is 0 Å². The molecule has 5 nitrogen and oxygen atoms in total. The van der Waals surface area contributed by atoms with Gasteiger partial charge in [-0.15, -0.1) is 0 Å². The molecule has 1 amide bonds. The lowest BCUT2D eigenvalue weighted by Gasteiger charge is -2.15. The molecule has 2 N–H and O–H groups in total. The van der Waals surface area contributed by atoms with Crippen LogP contribution in [-0.4, -0.2) is 29.6 Å². The highest BCUT2D eigenvalue weighted by molar-refractivity contribution is 6.31. The molecule has 0 spiro atoms. The monoisotopic (exact) mass is 347 g/mol. The minimum absolute atomic E-state index is 0.111. The smallest absolute Gasteiger partial charge is 0.326 e. The van der Waals surface area contributed by atoms with Crippen LogP contribution in [-0.2, 0) is 27.4 Å². The van der Waals surface area contributed by atoms with Crippen molar-refractivity contribution in [2.45, 2.75) is 19.1 Å². The number of carboxylic acid groups (broad SMARTS) is 1. The fourth-order valence-corrected chi connectivity index (χ4v) is 2.37. The van der Waals surface area contributed by atoms with E-state index >= 15 is 0 Å². The van der Waals surface area contributed by atoms with Crippen LogP contribution in [0.25, 0.3) is 0 Å². The number of rotatable bonds is 8. The second kappa shape index (κ2) is 9.05. The molecule has 0 bridgehead atoms. The van der Waals surface area contributed by atoms with Crippen LogP contribution in [0.3, 0.4) is 0 Å². The van der Waals surface area contributed by atoms with Crippen LogP contribution in [0.1, 0.15) is 11.1 Å². The van der Waals surface area contributed by atoms with Crippen molar-refractivity contribution in [3.05, 3.63) is 70.7 Å². The molecule has 0 saturated heterocycles. The number of carbonyl (C=O) groups is 2. The van der Waals surface area contributed by atoms with E-state index in [1.165, 1.54) is 0 Å². The van der Waals surface area contributed by atoms with Crippen molar-refractivity contribution in [2.24, 2.45) is 0 Å². The first kappa shape index (κ1) is 18.0. The molecule has 0 radical (unpaired) electrons. The minimum atomic E-state index is -1.12. The third kappa shape index (κ3) is 5.68. The Hall–Kier alpha value is -2.37. The zero-order valence-electron chi connectivity index (χ0n) is 12.9. The zero-order chi connectivity index (χ0) is 17.4. The first-order valence-corrected chi connectivity index (χ1v) is 7.81. The average molecular weight is 348 g/mol. The number of aliphatic carboxylic acids is 1. The van der Waals surface area contributed by atoms with E-state index < -0.39 is 17.9 Å². The number of nitrogens with one attached hydrogen (secondary N) is 1. The van der Waals surface area contributed by atoms with E-state index in [1.807, 2.05) is 30.3 Å². The summed E-state index contributed by atoms with van der Waals surface area (Å²) < 4.78 is 5.31. The number of hydrogen-bond donors (Lipinski definition) is 2. The summed E-state index contributed by atoms with van der Waals surface area (Å²) >= 11 is 6.03. The van der Waals surface area contributed by atoms with Gasteiger partial charge in [0.1, 0.15) is 12.6 Å². The molecule has 0 aliphatic rings. The maximum atomic E-state index is 11.9. The van der Waals surface area contributed by atoms with Crippen molar-refractivity contribution in [3.8, 4) is 0 Å². The van der Waals surface area contributed by atoms with Gasteiger partial charge in [-0.25, -0.2) is 4.79 Å². The lowest BCUT2D eigenvalue weighted by atomic mass is 10.1. The number of ether oxygens (including phenoxy) is 1. The molecule has 6 heteroatoms. The van der Waals surface area contributed by atoms with Gasteiger partial charge < -0.3 is 15.2 Å². The molecule has 0 unspecified atom stereocenters. The van der Waals surface area contributed by atoms with Crippen LogP contribution in [0.15, 0.2) is 54.6 Å². The summed E-state index contributed by atoms with van der Waals surface area (Å²) in [5, 5.41) is 12.2. The molecule has 2 aromatic rings. The molecule has 126 valence electrons. The Morgan fingerprint density at radius 2 is 1.75 bits per heavy atom. The van der Waals surface area contributed by atoms with Gasteiger partial charge in [0.15, 0.2) is 0 Å². The van der Waals surface area contributed by atoms with E-state index in [-0.39, 0.29) is 19.6 Å². The molecule has 0 fully saturated rings. The zero-order valence-corrected chi connectivity index (χ0v) is 13.7. The number of carbonyl (C=O) groups excluding carboxylic acids is 1. The molecule has 0 aliphatic heterocycles. The number of benzene rings is 2. The Morgan fingerprint density at radius 3 is 2.42 bits per heavy atom. The summed E-state index contributed by atoms with van der Waals surface area (Å²) in [6.45, 7) is 0.0811. The van der Waals surface area contributed by atoms with E-state index in [2.05, 4.69) is 5.32 Å². The van der Waals surface area contributed by atoms with Gasteiger partial charge in [0.05, 0.1) is 6.61 Å². The van der Waals surface area contributed by atoms with Crippen molar-refractivity contribution in [1.29, 1.82) is 0 Å². The van der Waals surface area contributed by atoms with E-state index in [1.54, 1.807) is 24.3 Å². The highest BCUT2D eigenvalue weighted by atomic mass is 35.5. The Bertz CT molecular complexity index is 690. The van der Waals surface area contributed by atoms with Gasteiger partial charge in [0.2, 0.25) is 5.91 Å². The van der Waals surface area contributed by atoms with Crippen LogP contribution >= 0.6 is 11.6 Å². The Balaban J connectivity index is 1.85. The van der Waals surface area contributed by atoms with E-state index in [9.17, 15) is 14.7 Å². The Kier molecular flexibility index (Phi) is 6.78. The van der Waals surface area contributed by atoms with Crippen molar-refractivity contribution >= 4 is 23.5 Å². The van der Waals surface area contributed by atoms with Crippen molar-refractivity contribution in [1.82, 2.24) is 5.32 Å². The lowest BCUT2D eigenvalue weighted by molar-refractivity contribution is -0.142. The summed E-state index contributed by atoms with van der Waals surface area (Å²) in [6.07, 6.45) is 0.111. The molecule has 0 saturated carbocycles. The first-order chi connectivity index (χ1) is 11.6. The van der Waals surface area contributed by atoms with Crippen molar-refractivity contribution in [2.75, 3.05) is 6.61 Å². The molecule has 0 aromatic heterocycles. The molecular weight excluding hydrogens is 330 g/mol. The number of halogens is 1. The summed E-state index contributed by atoms with van der Waals surface area (Å²) in [6, 6.07) is 15.3. The molecule has 0 aliphatic carbocycles. The SMILES string of the molecule is O=C(COCc1ccccc1)N[C@H](Cc1ccccc1Cl)C(=O)O. The molecular formula is C18H18ClNO4. The van der Waals surface area contributed by atoms with Gasteiger partial charge in [-0.05, 0) is 17.2 Å². The van der Waals surface area contributed by atoms with Gasteiger partial charge in [-0.3, -0.25) is 4.79 Å². The second-order valence-electron chi connectivity index (χ2n) is 5.23. The maximum Gasteiger partial charge on any atom is 0.326 e. The predicted octanol–water partition coefficient (Wildman–Crippen LogP) is 2.67. The highest BCUT2D eigenvalue weighted by Crippen LogP contribution is 2.16. The number of amides is 1. The standard InChI is InChI=1S/C18H18ClNO4/c19-15-9-5-4-8-14(15)10-16(18(22)23)20-17(21)12-24-11-13-6-2-1-3-7-13/h1-9,16H,10-12H2,(H,20,21)(H,22,23)/t16-/m1/s1. The number of hydrogen-bond acceptors (Lipinski definition) is 3. The van der Waals surface area contributed by atoms with Gasteiger partial charge in [0.25, 0.3) is 0 Å². The molecule has 1 atom stereocenters. The third-order valence-corrected chi connectivity index (χ3v) is 3.73. The van der Waals surface area contributed by atoms with Crippen LogP contribution in [0, 0.1) is 0 Å². The molecule has 2 rings (SSSR count). The maximum absolute atomic E-state index is 11.9. The third-order valence-electron chi connectivity index (χ3n) is 3.36. The minimum Gasteiger partial charge on any atom is -0.480 e. The summed E-state index contributed by atoms with van der Waals surface area (Å²) in [7, 11) is 0. The normalized spacial score (nSPS) is 11.7. The van der Waals surface area contributed by atoms with Crippen LogP contribution in [0.2, 0.25) is 5.02 Å². The molecule has 0 heterocycles. The summed E-state index contributed by atoms with van der Waals surface area (Å²) in [4.78, 5) is 23.2. The fraction of sp³-hybridized carbons (Fsp3) is 0.222. The van der Waals surface area contributed by atoms with E-state index in [0.29, 0.717) is 10.6 Å². The predicted molar refractivity (Wildman–Crippen MR) is 90.8 cm³/mol. The number of carboxylic acids is 1. The quantitative estimate of drug-likeness (QED) is 0.769. The molecule has 2 aromatic carbocycles. The van der Waals surface area contributed by atoms with Crippen molar-refractivity contribution < 1.29 is 19.4 Å². The first-order valence-electron chi connectivity index (χ1n) is 7.43. The Morgan fingerprint density at radius 1 is 1.08 bits per heavy atom. The topological polar surface area (TPSA) is 75.6 Å². The van der Waals surface area contributed by atoms with Gasteiger partial charge in [-0.1, -0.05) is 60.1 Å². The van der Waals surface area contributed by atoms with E-state index in [0.717, 1.165) is 5.56 Å². The van der Waals surface area contributed by atoms with Crippen LogP contribution < -0.4 is 5.32 Å². The average Bonchev–Trinajstić information content (AvgIpc) is 2.57. The van der Waals surface area contributed by atoms with Crippen molar-refractivity contribution in [3.63, 3.8) is 0 Å². The largest absolute Gasteiger partial charge is 0.480 e. The highest BCUT2D eigenvalue weighted by Gasteiger charge is 2.21. The second-order valence-corrected chi connectivity index (χ2v) is 5.64. The molecule has 24 heavy (non-hydrogen) atoms. The van der Waals surface area contributed by atoms with Gasteiger partial charge in [-0.2, -0.15) is 0 Å². The van der Waals surface area contributed by atoms with Gasteiger partial charge in [0, 0.05) is 11.4 Å². The lowest BCUT2D eigenvalue weighted by Crippen LogP contribution is -2.43. The van der Waals surface area contributed by atoms with Gasteiger partial charge >= 0.3 is 5.97 Å².